The molecule has 2 fully saturated rings. The van der Waals surface area contributed by atoms with Crippen LogP contribution in [0.2, 0.25) is 0 Å². The molecule has 0 bridgehead atoms. The molecule has 2 atom stereocenters. The molecule has 57 heavy (non-hydrogen) atoms. The minimum atomic E-state index is -0.524. The van der Waals surface area contributed by atoms with Crippen molar-refractivity contribution < 1.29 is 22.3 Å². The lowest BCUT2D eigenvalue weighted by molar-refractivity contribution is -0.0878. The van der Waals surface area contributed by atoms with Crippen LogP contribution in [-0.2, 0) is 17.6 Å². The Morgan fingerprint density at radius 3 is 1.16 bits per heavy atom. The van der Waals surface area contributed by atoms with Gasteiger partial charge in [-0.3, -0.25) is 0 Å². The fourth-order valence-corrected chi connectivity index (χ4v) is 10.1. The van der Waals surface area contributed by atoms with Crippen LogP contribution < -0.4 is 0 Å². The largest absolute Gasteiger partial charge is 0.365 e. The van der Waals surface area contributed by atoms with Gasteiger partial charge in [-0.2, -0.15) is 0 Å². The fraction of sp³-hybridized carbons (Fsp3) is 0.385. The molecule has 0 amide bonds. The first kappa shape index (κ1) is 39.4. The van der Waals surface area contributed by atoms with E-state index in [1.54, 1.807) is 0 Å². The van der Waals surface area contributed by atoms with Gasteiger partial charge >= 0.3 is 0 Å². The summed E-state index contributed by atoms with van der Waals surface area (Å²) in [5, 5.41) is 4.83. The lowest BCUT2D eigenvalue weighted by Crippen LogP contribution is -2.28. The SMILES string of the molecule is CCCc1ccc2cc(C(OC(c3ccc4cc(CCC)ccc4c3)C3CCC(c4cc(F)cc(F)c4)CC3)C3CCC(c4cc(F)cc(F)c4)CC3)ccc2c1. The molecule has 8 rings (SSSR count). The van der Waals surface area contributed by atoms with E-state index < -0.39 is 23.3 Å². The van der Waals surface area contributed by atoms with Gasteiger partial charge in [0.05, 0.1) is 12.2 Å². The summed E-state index contributed by atoms with van der Waals surface area (Å²) < 4.78 is 64.8. The Morgan fingerprint density at radius 1 is 0.439 bits per heavy atom. The van der Waals surface area contributed by atoms with E-state index in [0.29, 0.717) is 0 Å². The van der Waals surface area contributed by atoms with Crippen molar-refractivity contribution in [3.05, 3.63) is 166 Å². The molecule has 0 saturated heterocycles. The highest BCUT2D eigenvalue weighted by Gasteiger charge is 2.37. The standard InChI is InChI=1S/C52H54F4O/c1-3-5-33-7-9-41-25-43(21-19-39(41)23-33)51(37-15-11-35(12-16-37)45-27-47(53)31-48(54)28-45)57-52(44-22-20-40-24-34(6-4-2)8-10-42(40)26-44)38-17-13-36(14-18-38)46-29-49(55)32-50(56)30-46/h7-10,19-32,35-38,51-52H,3-6,11-18H2,1-2H3. The topological polar surface area (TPSA) is 9.23 Å². The summed E-state index contributed by atoms with van der Waals surface area (Å²) in [4.78, 5) is 0. The van der Waals surface area contributed by atoms with E-state index >= 15 is 0 Å². The number of benzene rings is 6. The Bertz CT molecular complexity index is 2110. The van der Waals surface area contributed by atoms with Crippen molar-refractivity contribution in [1.82, 2.24) is 0 Å². The predicted octanol–water partition coefficient (Wildman–Crippen LogP) is 15.2. The van der Waals surface area contributed by atoms with Gasteiger partial charge in [0, 0.05) is 12.1 Å². The number of hydrogen-bond donors (Lipinski definition) is 0. The third-order valence-electron chi connectivity index (χ3n) is 13.0. The van der Waals surface area contributed by atoms with Crippen LogP contribution in [0.3, 0.4) is 0 Å². The van der Waals surface area contributed by atoms with Crippen LogP contribution >= 0.6 is 0 Å². The zero-order valence-electron chi connectivity index (χ0n) is 33.3. The Hall–Kier alpha value is -4.48. The van der Waals surface area contributed by atoms with Crippen LogP contribution in [0, 0.1) is 35.1 Å². The molecule has 1 nitrogen and oxygen atoms in total. The minimum Gasteiger partial charge on any atom is -0.365 e. The van der Waals surface area contributed by atoms with Crippen LogP contribution in [0.25, 0.3) is 21.5 Å². The number of rotatable bonds is 12. The first-order valence-electron chi connectivity index (χ1n) is 21.4. The molecular weight excluding hydrogens is 717 g/mol. The van der Waals surface area contributed by atoms with Crippen LogP contribution in [0.5, 0.6) is 0 Å². The zero-order valence-corrected chi connectivity index (χ0v) is 33.3. The first-order valence-corrected chi connectivity index (χ1v) is 21.4. The van der Waals surface area contributed by atoms with Gasteiger partial charge in [-0.05, 0) is 179 Å². The predicted molar refractivity (Wildman–Crippen MR) is 225 cm³/mol. The van der Waals surface area contributed by atoms with E-state index in [2.05, 4.69) is 86.6 Å². The highest BCUT2D eigenvalue weighted by molar-refractivity contribution is 5.85. The van der Waals surface area contributed by atoms with E-state index in [1.807, 2.05) is 0 Å². The van der Waals surface area contributed by atoms with Gasteiger partial charge in [-0.1, -0.05) is 87.4 Å². The van der Waals surface area contributed by atoms with Crippen LogP contribution in [0.15, 0.2) is 109 Å². The molecular formula is C52H54F4O. The number of halogens is 4. The van der Waals surface area contributed by atoms with Crippen molar-refractivity contribution in [3.63, 3.8) is 0 Å². The highest BCUT2D eigenvalue weighted by Crippen LogP contribution is 2.49. The average Bonchev–Trinajstić information content (AvgIpc) is 3.21. The Balaban J connectivity index is 1.14. The summed E-state index contributed by atoms with van der Waals surface area (Å²) in [6.07, 6.45) is 10.7. The smallest absolute Gasteiger partial charge is 0.126 e. The summed E-state index contributed by atoms with van der Waals surface area (Å²) in [6, 6.07) is 35.0. The van der Waals surface area contributed by atoms with Crippen molar-refractivity contribution in [2.75, 3.05) is 0 Å². The molecule has 6 aromatic carbocycles. The summed E-state index contributed by atoms with van der Waals surface area (Å²) in [6.45, 7) is 4.41. The third-order valence-corrected chi connectivity index (χ3v) is 13.0. The van der Waals surface area contributed by atoms with Crippen molar-refractivity contribution in [3.8, 4) is 0 Å². The average molecular weight is 771 g/mol. The maximum atomic E-state index is 14.3. The molecule has 2 saturated carbocycles. The molecule has 0 heterocycles. The Kier molecular flexibility index (Phi) is 12.1. The van der Waals surface area contributed by atoms with Gasteiger partial charge in [0.2, 0.25) is 0 Å². The summed E-state index contributed by atoms with van der Waals surface area (Å²) >= 11 is 0. The molecule has 6 aromatic rings. The lowest BCUT2D eigenvalue weighted by Gasteiger charge is -2.40. The molecule has 0 aliphatic heterocycles. The Labute approximate surface area is 335 Å². The Morgan fingerprint density at radius 2 is 0.789 bits per heavy atom. The van der Waals surface area contributed by atoms with Gasteiger partial charge in [-0.15, -0.1) is 0 Å². The van der Waals surface area contributed by atoms with Crippen molar-refractivity contribution in [2.24, 2.45) is 11.8 Å². The normalized spacial score (nSPS) is 21.2. The van der Waals surface area contributed by atoms with Gasteiger partial charge in [-0.25, -0.2) is 17.6 Å². The molecule has 296 valence electrons. The van der Waals surface area contributed by atoms with E-state index in [4.69, 9.17) is 4.74 Å². The summed E-state index contributed by atoms with van der Waals surface area (Å²) in [5.74, 6) is -1.49. The summed E-state index contributed by atoms with van der Waals surface area (Å²) in [7, 11) is 0. The lowest BCUT2D eigenvalue weighted by atomic mass is 9.74. The van der Waals surface area contributed by atoms with Gasteiger partial charge < -0.3 is 4.74 Å². The quantitative estimate of drug-likeness (QED) is 0.113. The van der Waals surface area contributed by atoms with Crippen molar-refractivity contribution >= 4 is 21.5 Å². The molecule has 0 N–H and O–H groups in total. The molecule has 2 aliphatic rings. The fourth-order valence-electron chi connectivity index (χ4n) is 10.1. The number of ether oxygens (including phenoxy) is 1. The second kappa shape index (κ2) is 17.6. The van der Waals surface area contributed by atoms with E-state index in [0.717, 1.165) is 111 Å². The van der Waals surface area contributed by atoms with E-state index in [1.165, 1.54) is 56.9 Å². The van der Waals surface area contributed by atoms with Gasteiger partial charge in [0.1, 0.15) is 23.3 Å². The van der Waals surface area contributed by atoms with Gasteiger partial charge in [0.25, 0.3) is 0 Å². The third kappa shape index (κ3) is 9.15. The number of aryl methyl sites for hydroxylation is 2. The highest BCUT2D eigenvalue weighted by atomic mass is 19.1. The number of hydrogen-bond acceptors (Lipinski definition) is 1. The molecule has 0 aromatic heterocycles. The maximum Gasteiger partial charge on any atom is 0.126 e. The van der Waals surface area contributed by atoms with Crippen molar-refractivity contribution in [1.29, 1.82) is 0 Å². The van der Waals surface area contributed by atoms with Crippen LogP contribution in [0.4, 0.5) is 17.6 Å². The first-order chi connectivity index (χ1) is 27.7. The van der Waals surface area contributed by atoms with E-state index in [9.17, 15) is 17.6 Å². The zero-order chi connectivity index (χ0) is 39.5. The van der Waals surface area contributed by atoms with Crippen LogP contribution in [-0.4, -0.2) is 0 Å². The van der Waals surface area contributed by atoms with Crippen LogP contribution in [0.1, 0.15) is 135 Å². The van der Waals surface area contributed by atoms with Gasteiger partial charge in [0.15, 0.2) is 0 Å². The molecule has 2 aliphatic carbocycles. The molecule has 5 heteroatoms. The molecule has 2 unspecified atom stereocenters. The minimum absolute atomic E-state index is 0.0949. The maximum absolute atomic E-state index is 14.3. The second-order valence-corrected chi connectivity index (χ2v) is 17.0. The summed E-state index contributed by atoms with van der Waals surface area (Å²) in [5.41, 5.74) is 6.47. The monoisotopic (exact) mass is 770 g/mol. The van der Waals surface area contributed by atoms with Crippen molar-refractivity contribution in [2.45, 2.75) is 115 Å². The molecule has 0 radical (unpaired) electrons. The molecule has 0 spiro atoms. The number of fused-ring (bicyclic) bond motifs is 2. The second-order valence-electron chi connectivity index (χ2n) is 17.0. The van der Waals surface area contributed by atoms with E-state index in [-0.39, 0.29) is 35.9 Å².